The number of fused-ring (bicyclic) bond motifs is 2. The molecule has 0 saturated heterocycles. The molecule has 3 aliphatic carbocycles. The van der Waals surface area contributed by atoms with Crippen LogP contribution in [0.1, 0.15) is 57.8 Å². The van der Waals surface area contributed by atoms with Crippen LogP contribution < -0.4 is 5.73 Å². The van der Waals surface area contributed by atoms with E-state index in [-0.39, 0.29) is 12.8 Å². The molecule has 4 heteroatoms. The number of rotatable bonds is 2. The Balaban J connectivity index is 1.62. The number of hydrogen-bond acceptors (Lipinski definition) is 1. The second kappa shape index (κ2) is 4.64. The fraction of sp³-hybridized carbons (Fsp3) is 1.00. The molecule has 5 atom stereocenters. The van der Waals surface area contributed by atoms with Crippen molar-refractivity contribution in [3.05, 3.63) is 0 Å². The molecule has 3 fully saturated rings. The maximum atomic E-state index is 12.9. The van der Waals surface area contributed by atoms with Gasteiger partial charge in [-0.1, -0.05) is 12.8 Å². The lowest BCUT2D eigenvalue weighted by molar-refractivity contribution is -0.187. The normalized spacial score (nSPS) is 46.7. The number of hydrogen-bond donors (Lipinski definition) is 1. The highest BCUT2D eigenvalue weighted by Gasteiger charge is 2.48. The van der Waals surface area contributed by atoms with Gasteiger partial charge in [-0.05, 0) is 62.7 Å². The molecule has 0 radical (unpaired) electrons. The van der Waals surface area contributed by atoms with Crippen molar-refractivity contribution in [2.45, 2.75) is 69.5 Å². The van der Waals surface area contributed by atoms with Crippen LogP contribution >= 0.6 is 0 Å². The van der Waals surface area contributed by atoms with E-state index in [4.69, 9.17) is 5.73 Å². The standard InChI is InChI=1S/C15H24F3N/c16-15(17,18)13-2-1-5-14(19,9-13)8-12-7-10-3-4-11(12)6-10/h10-13H,1-9,19H2. The fourth-order valence-electron chi connectivity index (χ4n) is 5.01. The molecule has 0 aromatic carbocycles. The molecule has 0 aromatic rings. The minimum atomic E-state index is -4.06. The lowest BCUT2D eigenvalue weighted by Crippen LogP contribution is -2.48. The first-order chi connectivity index (χ1) is 8.86. The molecule has 3 aliphatic rings. The molecule has 0 spiro atoms. The van der Waals surface area contributed by atoms with Crippen LogP contribution in [0.5, 0.6) is 0 Å². The van der Waals surface area contributed by atoms with Gasteiger partial charge in [-0.25, -0.2) is 0 Å². The van der Waals surface area contributed by atoms with Gasteiger partial charge in [-0.3, -0.25) is 0 Å². The van der Waals surface area contributed by atoms with Crippen molar-refractivity contribution in [1.29, 1.82) is 0 Å². The maximum Gasteiger partial charge on any atom is 0.391 e. The maximum absolute atomic E-state index is 12.9. The molecule has 1 nitrogen and oxygen atoms in total. The van der Waals surface area contributed by atoms with Gasteiger partial charge in [0, 0.05) is 5.54 Å². The first-order valence-corrected chi connectivity index (χ1v) is 7.71. The Morgan fingerprint density at radius 2 is 1.89 bits per heavy atom. The van der Waals surface area contributed by atoms with Crippen molar-refractivity contribution in [2.24, 2.45) is 29.4 Å². The molecular formula is C15H24F3N. The second-order valence-corrected chi connectivity index (χ2v) is 7.34. The van der Waals surface area contributed by atoms with E-state index in [1.165, 1.54) is 25.7 Å². The van der Waals surface area contributed by atoms with Crippen molar-refractivity contribution in [3.8, 4) is 0 Å². The van der Waals surface area contributed by atoms with Crippen molar-refractivity contribution in [1.82, 2.24) is 0 Å². The SMILES string of the molecule is NC1(CC2CC3CCC2C3)CCCC(C(F)(F)F)C1. The first kappa shape index (κ1) is 13.7. The smallest absolute Gasteiger partial charge is 0.325 e. The summed E-state index contributed by atoms with van der Waals surface area (Å²) in [5.74, 6) is 1.05. The molecule has 19 heavy (non-hydrogen) atoms. The van der Waals surface area contributed by atoms with Crippen LogP contribution in [-0.4, -0.2) is 11.7 Å². The zero-order valence-corrected chi connectivity index (χ0v) is 11.4. The number of nitrogens with two attached hydrogens (primary N) is 1. The molecule has 0 aromatic heterocycles. The van der Waals surface area contributed by atoms with Gasteiger partial charge in [0.25, 0.3) is 0 Å². The largest absolute Gasteiger partial charge is 0.391 e. The van der Waals surface area contributed by atoms with Gasteiger partial charge in [0.2, 0.25) is 0 Å². The molecule has 2 N–H and O–H groups in total. The van der Waals surface area contributed by atoms with E-state index in [1.54, 1.807) is 0 Å². The highest BCUT2D eigenvalue weighted by Crippen LogP contribution is 2.52. The minimum absolute atomic E-state index is 0.157. The van der Waals surface area contributed by atoms with Gasteiger partial charge in [0.05, 0.1) is 5.92 Å². The van der Waals surface area contributed by atoms with Crippen LogP contribution in [-0.2, 0) is 0 Å². The van der Waals surface area contributed by atoms with Gasteiger partial charge >= 0.3 is 6.18 Å². The van der Waals surface area contributed by atoms with Crippen molar-refractivity contribution < 1.29 is 13.2 Å². The molecule has 3 rings (SSSR count). The third-order valence-corrected chi connectivity index (χ3v) is 5.90. The lowest BCUT2D eigenvalue weighted by Gasteiger charge is -2.41. The molecule has 5 unspecified atom stereocenters. The average molecular weight is 275 g/mol. The molecule has 110 valence electrons. The molecule has 0 amide bonds. The zero-order chi connectivity index (χ0) is 13.7. The van der Waals surface area contributed by atoms with E-state index in [0.29, 0.717) is 12.3 Å². The van der Waals surface area contributed by atoms with Gasteiger partial charge in [0.1, 0.15) is 0 Å². The van der Waals surface area contributed by atoms with Gasteiger partial charge in [-0.15, -0.1) is 0 Å². The minimum Gasteiger partial charge on any atom is -0.325 e. The van der Waals surface area contributed by atoms with Crippen LogP contribution in [0.25, 0.3) is 0 Å². The van der Waals surface area contributed by atoms with Crippen molar-refractivity contribution in [2.75, 3.05) is 0 Å². The summed E-state index contributed by atoms with van der Waals surface area (Å²) >= 11 is 0. The molecule has 0 heterocycles. The summed E-state index contributed by atoms with van der Waals surface area (Å²) in [5.41, 5.74) is 5.81. The second-order valence-electron chi connectivity index (χ2n) is 7.34. The zero-order valence-electron chi connectivity index (χ0n) is 11.4. The predicted molar refractivity (Wildman–Crippen MR) is 68.5 cm³/mol. The monoisotopic (exact) mass is 275 g/mol. The highest BCUT2D eigenvalue weighted by atomic mass is 19.4. The van der Waals surface area contributed by atoms with E-state index >= 15 is 0 Å². The summed E-state index contributed by atoms with van der Waals surface area (Å²) in [5, 5.41) is 0. The van der Waals surface area contributed by atoms with E-state index in [9.17, 15) is 13.2 Å². The Hall–Kier alpha value is -0.250. The van der Waals surface area contributed by atoms with E-state index in [1.807, 2.05) is 0 Å². The summed E-state index contributed by atoms with van der Waals surface area (Å²) in [7, 11) is 0. The Kier molecular flexibility index (Phi) is 3.35. The first-order valence-electron chi connectivity index (χ1n) is 7.71. The van der Waals surface area contributed by atoms with Crippen LogP contribution in [0.3, 0.4) is 0 Å². The van der Waals surface area contributed by atoms with Gasteiger partial charge in [0.15, 0.2) is 0 Å². The average Bonchev–Trinajstić information content (AvgIpc) is 2.89. The van der Waals surface area contributed by atoms with E-state index < -0.39 is 17.6 Å². The summed E-state index contributed by atoms with van der Waals surface area (Å²) in [6.45, 7) is 0. The topological polar surface area (TPSA) is 26.0 Å². The molecular weight excluding hydrogens is 251 g/mol. The predicted octanol–water partition coefficient (Wildman–Crippen LogP) is 4.26. The van der Waals surface area contributed by atoms with Crippen molar-refractivity contribution in [3.63, 3.8) is 0 Å². The van der Waals surface area contributed by atoms with E-state index in [2.05, 4.69) is 0 Å². The quantitative estimate of drug-likeness (QED) is 0.800. The highest BCUT2D eigenvalue weighted by molar-refractivity contribution is 4.99. The Morgan fingerprint density at radius 3 is 2.47 bits per heavy atom. The summed E-state index contributed by atoms with van der Waals surface area (Å²) in [4.78, 5) is 0. The van der Waals surface area contributed by atoms with E-state index in [0.717, 1.165) is 24.7 Å². The lowest BCUT2D eigenvalue weighted by atomic mass is 9.69. The summed E-state index contributed by atoms with van der Waals surface area (Å²) in [6.07, 6.45) is 3.79. The van der Waals surface area contributed by atoms with Crippen LogP contribution in [0.2, 0.25) is 0 Å². The Morgan fingerprint density at radius 1 is 1.11 bits per heavy atom. The Bertz CT molecular complexity index is 341. The third kappa shape index (κ3) is 2.79. The Labute approximate surface area is 113 Å². The van der Waals surface area contributed by atoms with Crippen molar-refractivity contribution >= 4 is 0 Å². The van der Waals surface area contributed by atoms with Crippen LogP contribution in [0.15, 0.2) is 0 Å². The molecule has 2 bridgehead atoms. The third-order valence-electron chi connectivity index (χ3n) is 5.90. The number of halogens is 3. The molecule has 0 aliphatic heterocycles. The molecule has 3 saturated carbocycles. The fourth-order valence-corrected chi connectivity index (χ4v) is 5.01. The summed E-state index contributed by atoms with van der Waals surface area (Å²) < 4.78 is 38.7. The van der Waals surface area contributed by atoms with Gasteiger partial charge < -0.3 is 5.73 Å². The van der Waals surface area contributed by atoms with Crippen LogP contribution in [0.4, 0.5) is 13.2 Å². The van der Waals surface area contributed by atoms with Gasteiger partial charge in [-0.2, -0.15) is 13.2 Å². The summed E-state index contributed by atoms with van der Waals surface area (Å²) in [6, 6.07) is 0. The van der Waals surface area contributed by atoms with Crippen LogP contribution in [0, 0.1) is 23.7 Å². The number of alkyl halides is 3.